The van der Waals surface area contributed by atoms with Crippen molar-refractivity contribution in [3.63, 3.8) is 0 Å². The van der Waals surface area contributed by atoms with Gasteiger partial charge in [-0.15, -0.1) is 0 Å². The van der Waals surface area contributed by atoms with Crippen LogP contribution in [0.2, 0.25) is 0 Å². The van der Waals surface area contributed by atoms with Gasteiger partial charge in [0.25, 0.3) is 0 Å². The van der Waals surface area contributed by atoms with Gasteiger partial charge in [-0.1, -0.05) is 30.3 Å². The summed E-state index contributed by atoms with van der Waals surface area (Å²) in [5.74, 6) is 0.735. The third kappa shape index (κ3) is 4.29. The standard InChI is InChI=1S/C22H24N4O3/c1-16(27)20-24-19-8-5-11-23-21(19)26(20)14-17-9-12-25(13-10-17)22(28)29-15-18-6-3-2-4-7-18/h2-8,11,17H,9-10,12-15H2,1H3. The number of likely N-dealkylation sites (tertiary alicyclic amines) is 1. The number of benzene rings is 1. The van der Waals surface area contributed by atoms with Gasteiger partial charge in [-0.3, -0.25) is 4.79 Å². The van der Waals surface area contributed by atoms with Gasteiger partial charge >= 0.3 is 6.09 Å². The maximum atomic E-state index is 12.3. The fourth-order valence-electron chi connectivity index (χ4n) is 3.77. The molecule has 3 aromatic rings. The van der Waals surface area contributed by atoms with Gasteiger partial charge in [-0.2, -0.15) is 0 Å². The summed E-state index contributed by atoms with van der Waals surface area (Å²) < 4.78 is 7.36. The molecule has 1 aliphatic rings. The zero-order chi connectivity index (χ0) is 20.2. The van der Waals surface area contributed by atoms with Crippen molar-refractivity contribution in [2.24, 2.45) is 5.92 Å². The Morgan fingerprint density at radius 1 is 1.10 bits per heavy atom. The summed E-state index contributed by atoms with van der Waals surface area (Å²) in [6, 6.07) is 13.4. The van der Waals surface area contributed by atoms with E-state index in [9.17, 15) is 9.59 Å². The summed E-state index contributed by atoms with van der Waals surface area (Å²) in [5.41, 5.74) is 2.45. The number of Topliss-reactive ketones (excluding diaryl/α,β-unsaturated/α-hetero) is 1. The summed E-state index contributed by atoms with van der Waals surface area (Å²) in [6.45, 7) is 3.79. The van der Waals surface area contributed by atoms with Gasteiger partial charge in [0.1, 0.15) is 12.1 Å². The minimum atomic E-state index is -0.272. The first-order chi connectivity index (χ1) is 14.1. The van der Waals surface area contributed by atoms with Crippen LogP contribution < -0.4 is 0 Å². The molecule has 150 valence electrons. The van der Waals surface area contributed by atoms with Crippen LogP contribution in [-0.4, -0.2) is 44.4 Å². The zero-order valence-electron chi connectivity index (χ0n) is 16.5. The van der Waals surface area contributed by atoms with E-state index in [4.69, 9.17) is 4.74 Å². The van der Waals surface area contributed by atoms with Crippen molar-refractivity contribution in [2.45, 2.75) is 32.9 Å². The van der Waals surface area contributed by atoms with E-state index in [1.807, 2.05) is 47.0 Å². The van der Waals surface area contributed by atoms with Crippen LogP contribution >= 0.6 is 0 Å². The predicted octanol–water partition coefficient (Wildman–Crippen LogP) is 3.68. The van der Waals surface area contributed by atoms with Crippen molar-refractivity contribution in [3.8, 4) is 0 Å². The van der Waals surface area contributed by atoms with Gasteiger partial charge in [0.15, 0.2) is 17.3 Å². The normalized spacial score (nSPS) is 14.9. The Morgan fingerprint density at radius 2 is 1.86 bits per heavy atom. The summed E-state index contributed by atoms with van der Waals surface area (Å²) in [6.07, 6.45) is 3.15. The van der Waals surface area contributed by atoms with E-state index in [-0.39, 0.29) is 18.5 Å². The average molecular weight is 392 g/mol. The molecule has 0 unspecified atom stereocenters. The van der Waals surface area contributed by atoms with Crippen LogP contribution in [-0.2, 0) is 17.9 Å². The van der Waals surface area contributed by atoms with E-state index in [1.54, 1.807) is 11.1 Å². The highest BCUT2D eigenvalue weighted by atomic mass is 16.6. The number of imidazole rings is 1. The molecule has 0 bridgehead atoms. The number of ketones is 1. The molecule has 7 nitrogen and oxygen atoms in total. The topological polar surface area (TPSA) is 77.3 Å². The van der Waals surface area contributed by atoms with Crippen LogP contribution in [0.1, 0.15) is 35.9 Å². The smallest absolute Gasteiger partial charge is 0.410 e. The number of hydrogen-bond acceptors (Lipinski definition) is 5. The van der Waals surface area contributed by atoms with Crippen molar-refractivity contribution in [3.05, 3.63) is 60.0 Å². The molecule has 0 spiro atoms. The van der Waals surface area contributed by atoms with Crippen molar-refractivity contribution in [1.82, 2.24) is 19.4 Å². The first kappa shape index (κ1) is 19.1. The Balaban J connectivity index is 1.36. The molecule has 1 amide bonds. The number of piperidine rings is 1. The molecular formula is C22H24N4O3. The third-order valence-corrected chi connectivity index (χ3v) is 5.34. The molecule has 1 aromatic carbocycles. The lowest BCUT2D eigenvalue weighted by Crippen LogP contribution is -2.39. The molecule has 4 rings (SSSR count). The molecule has 0 saturated carbocycles. The lowest BCUT2D eigenvalue weighted by Gasteiger charge is -2.31. The van der Waals surface area contributed by atoms with Crippen molar-refractivity contribution < 1.29 is 14.3 Å². The van der Waals surface area contributed by atoms with Crippen molar-refractivity contribution in [1.29, 1.82) is 0 Å². The van der Waals surface area contributed by atoms with Crippen molar-refractivity contribution in [2.75, 3.05) is 13.1 Å². The molecule has 3 heterocycles. The first-order valence-electron chi connectivity index (χ1n) is 9.89. The van der Waals surface area contributed by atoms with Gasteiger partial charge in [0, 0.05) is 32.8 Å². The molecule has 1 aliphatic heterocycles. The maximum absolute atomic E-state index is 12.3. The molecule has 1 fully saturated rings. The Labute approximate surface area is 169 Å². The molecule has 29 heavy (non-hydrogen) atoms. The number of fused-ring (bicyclic) bond motifs is 1. The number of aromatic nitrogens is 3. The van der Waals surface area contributed by atoms with Crippen LogP contribution in [0.3, 0.4) is 0 Å². The van der Waals surface area contributed by atoms with Crippen LogP contribution in [0.15, 0.2) is 48.7 Å². The first-order valence-corrected chi connectivity index (χ1v) is 9.89. The monoisotopic (exact) mass is 392 g/mol. The molecule has 0 N–H and O–H groups in total. The van der Waals surface area contributed by atoms with Gasteiger partial charge in [0.05, 0.1) is 0 Å². The summed E-state index contributed by atoms with van der Waals surface area (Å²) in [5, 5.41) is 0. The third-order valence-electron chi connectivity index (χ3n) is 5.34. The second-order valence-corrected chi connectivity index (χ2v) is 7.42. The Bertz CT molecular complexity index is 1010. The number of nitrogens with zero attached hydrogens (tertiary/aromatic N) is 4. The van der Waals surface area contributed by atoms with Crippen LogP contribution in [0, 0.1) is 5.92 Å². The van der Waals surface area contributed by atoms with E-state index in [1.165, 1.54) is 6.92 Å². The van der Waals surface area contributed by atoms with Gasteiger partial charge in [-0.05, 0) is 36.5 Å². The lowest BCUT2D eigenvalue weighted by atomic mass is 9.97. The van der Waals surface area contributed by atoms with Gasteiger partial charge < -0.3 is 14.2 Å². The Morgan fingerprint density at radius 3 is 2.59 bits per heavy atom. The molecular weight excluding hydrogens is 368 g/mol. The van der Waals surface area contributed by atoms with E-state index in [2.05, 4.69) is 9.97 Å². The summed E-state index contributed by atoms with van der Waals surface area (Å²) in [7, 11) is 0. The highest BCUT2D eigenvalue weighted by molar-refractivity contribution is 5.94. The summed E-state index contributed by atoms with van der Waals surface area (Å²) >= 11 is 0. The maximum Gasteiger partial charge on any atom is 0.410 e. The Kier molecular flexibility index (Phi) is 5.55. The SMILES string of the molecule is CC(=O)c1nc2cccnc2n1CC1CCN(C(=O)OCc2ccccc2)CC1. The molecule has 0 aliphatic carbocycles. The summed E-state index contributed by atoms with van der Waals surface area (Å²) in [4.78, 5) is 35.0. The number of carbonyl (C=O) groups is 2. The second kappa shape index (κ2) is 8.43. The van der Waals surface area contributed by atoms with Crippen molar-refractivity contribution >= 4 is 23.0 Å². The van der Waals surface area contributed by atoms with Crippen LogP contribution in [0.5, 0.6) is 0 Å². The number of pyridine rings is 1. The lowest BCUT2D eigenvalue weighted by molar-refractivity contribution is 0.0807. The number of carbonyl (C=O) groups excluding carboxylic acids is 2. The fraction of sp³-hybridized carbons (Fsp3) is 0.364. The van der Waals surface area contributed by atoms with E-state index < -0.39 is 0 Å². The highest BCUT2D eigenvalue weighted by Gasteiger charge is 2.26. The van der Waals surface area contributed by atoms with Gasteiger partial charge in [-0.25, -0.2) is 14.8 Å². The predicted molar refractivity (Wildman–Crippen MR) is 108 cm³/mol. The molecule has 0 atom stereocenters. The number of amides is 1. The zero-order valence-corrected chi connectivity index (χ0v) is 16.5. The molecule has 1 saturated heterocycles. The van der Waals surface area contributed by atoms with E-state index in [0.29, 0.717) is 31.4 Å². The number of hydrogen-bond donors (Lipinski definition) is 0. The van der Waals surface area contributed by atoms with Crippen LogP contribution in [0.4, 0.5) is 4.79 Å². The molecule has 2 aromatic heterocycles. The fourth-order valence-corrected chi connectivity index (χ4v) is 3.77. The van der Waals surface area contributed by atoms with Gasteiger partial charge in [0.2, 0.25) is 0 Å². The van der Waals surface area contributed by atoms with Crippen LogP contribution in [0.25, 0.3) is 11.2 Å². The second-order valence-electron chi connectivity index (χ2n) is 7.42. The minimum Gasteiger partial charge on any atom is -0.445 e. The van der Waals surface area contributed by atoms with E-state index in [0.717, 1.165) is 29.6 Å². The quantitative estimate of drug-likeness (QED) is 0.619. The Hall–Kier alpha value is -3.22. The highest BCUT2D eigenvalue weighted by Crippen LogP contribution is 2.23. The molecule has 7 heteroatoms. The van der Waals surface area contributed by atoms with E-state index >= 15 is 0 Å². The number of ether oxygens (including phenoxy) is 1. The number of rotatable bonds is 5. The largest absolute Gasteiger partial charge is 0.445 e. The molecule has 0 radical (unpaired) electrons. The minimum absolute atomic E-state index is 0.0649. The average Bonchev–Trinajstić information content (AvgIpc) is 3.12.